The minimum atomic E-state index is -1.07. The second kappa shape index (κ2) is 5.41. The SMILES string of the molecule is O=C(N1CCCC(OCC2CC2)C1)C1(O)CCCC1. The minimum absolute atomic E-state index is 0.0512. The molecule has 0 bridgehead atoms. The van der Waals surface area contributed by atoms with Crippen LogP contribution < -0.4 is 0 Å². The van der Waals surface area contributed by atoms with Crippen molar-refractivity contribution in [3.05, 3.63) is 0 Å². The lowest BCUT2D eigenvalue weighted by Crippen LogP contribution is -2.52. The van der Waals surface area contributed by atoms with Gasteiger partial charge in [-0.05, 0) is 57.3 Å². The molecule has 1 unspecified atom stereocenters. The van der Waals surface area contributed by atoms with Gasteiger partial charge in [-0.25, -0.2) is 0 Å². The minimum Gasteiger partial charge on any atom is -0.380 e. The third kappa shape index (κ3) is 3.11. The average Bonchev–Trinajstić information content (AvgIpc) is 3.16. The quantitative estimate of drug-likeness (QED) is 0.843. The van der Waals surface area contributed by atoms with Crippen LogP contribution in [0.15, 0.2) is 0 Å². The Morgan fingerprint density at radius 2 is 1.95 bits per heavy atom. The summed E-state index contributed by atoms with van der Waals surface area (Å²) < 4.78 is 5.91. The highest BCUT2D eigenvalue weighted by molar-refractivity contribution is 5.85. The predicted octanol–water partition coefficient (Wildman–Crippen LogP) is 1.71. The number of piperidine rings is 1. The van der Waals surface area contributed by atoms with E-state index in [4.69, 9.17) is 4.74 Å². The second-order valence-corrected chi connectivity index (χ2v) is 6.53. The van der Waals surface area contributed by atoms with Crippen molar-refractivity contribution >= 4 is 5.91 Å². The Balaban J connectivity index is 1.53. The molecule has 108 valence electrons. The van der Waals surface area contributed by atoms with E-state index in [0.29, 0.717) is 19.4 Å². The highest BCUT2D eigenvalue weighted by atomic mass is 16.5. The number of carbonyl (C=O) groups is 1. The molecular formula is C15H25NO3. The van der Waals surface area contributed by atoms with Crippen molar-refractivity contribution in [2.24, 2.45) is 5.92 Å². The number of carbonyl (C=O) groups excluding carboxylic acids is 1. The molecule has 1 saturated heterocycles. The standard InChI is InChI=1S/C15H25NO3/c17-14(15(18)7-1-2-8-15)16-9-3-4-13(10-16)19-11-12-5-6-12/h12-13,18H,1-11H2. The second-order valence-electron chi connectivity index (χ2n) is 6.53. The van der Waals surface area contributed by atoms with Gasteiger partial charge in [0, 0.05) is 19.7 Å². The summed E-state index contributed by atoms with van der Waals surface area (Å²) in [5, 5.41) is 10.4. The Morgan fingerprint density at radius 3 is 2.63 bits per heavy atom. The molecule has 3 rings (SSSR count). The van der Waals surface area contributed by atoms with Gasteiger partial charge in [0.1, 0.15) is 5.60 Å². The molecule has 19 heavy (non-hydrogen) atoms. The maximum atomic E-state index is 12.4. The summed E-state index contributed by atoms with van der Waals surface area (Å²) in [6.45, 7) is 2.31. The topological polar surface area (TPSA) is 49.8 Å². The molecule has 4 nitrogen and oxygen atoms in total. The molecule has 1 aliphatic heterocycles. The number of rotatable bonds is 4. The van der Waals surface area contributed by atoms with Gasteiger partial charge in [-0.1, -0.05) is 0 Å². The monoisotopic (exact) mass is 267 g/mol. The Morgan fingerprint density at radius 1 is 1.21 bits per heavy atom. The predicted molar refractivity (Wildman–Crippen MR) is 71.7 cm³/mol. The number of amides is 1. The Kier molecular flexibility index (Phi) is 3.81. The van der Waals surface area contributed by atoms with Crippen molar-refractivity contribution in [1.82, 2.24) is 4.90 Å². The molecule has 0 aromatic heterocycles. The van der Waals surface area contributed by atoms with Crippen LogP contribution in [0.4, 0.5) is 0 Å². The fourth-order valence-electron chi connectivity index (χ4n) is 3.28. The highest BCUT2D eigenvalue weighted by Gasteiger charge is 2.42. The Bertz CT molecular complexity index is 334. The lowest BCUT2D eigenvalue weighted by molar-refractivity contribution is -0.154. The summed E-state index contributed by atoms with van der Waals surface area (Å²) in [4.78, 5) is 14.3. The normalized spacial score (nSPS) is 30.6. The smallest absolute Gasteiger partial charge is 0.254 e. The molecule has 0 aromatic carbocycles. The number of hydrogen-bond acceptors (Lipinski definition) is 3. The van der Waals surface area contributed by atoms with E-state index in [1.807, 2.05) is 4.90 Å². The summed E-state index contributed by atoms with van der Waals surface area (Å²) in [7, 11) is 0. The molecule has 1 atom stereocenters. The maximum Gasteiger partial charge on any atom is 0.254 e. The van der Waals surface area contributed by atoms with E-state index in [0.717, 1.165) is 44.8 Å². The van der Waals surface area contributed by atoms with E-state index in [1.165, 1.54) is 12.8 Å². The lowest BCUT2D eigenvalue weighted by atomic mass is 9.98. The molecule has 4 heteroatoms. The third-order valence-corrected chi connectivity index (χ3v) is 4.76. The third-order valence-electron chi connectivity index (χ3n) is 4.76. The van der Waals surface area contributed by atoms with Crippen LogP contribution in [-0.4, -0.2) is 47.3 Å². The number of ether oxygens (including phenoxy) is 1. The van der Waals surface area contributed by atoms with Crippen LogP contribution in [0.2, 0.25) is 0 Å². The van der Waals surface area contributed by atoms with Crippen LogP contribution >= 0.6 is 0 Å². The van der Waals surface area contributed by atoms with E-state index in [1.54, 1.807) is 0 Å². The number of hydrogen-bond donors (Lipinski definition) is 1. The largest absolute Gasteiger partial charge is 0.380 e. The van der Waals surface area contributed by atoms with Crippen LogP contribution in [0, 0.1) is 5.92 Å². The van der Waals surface area contributed by atoms with Crippen molar-refractivity contribution in [2.45, 2.75) is 63.1 Å². The van der Waals surface area contributed by atoms with Crippen molar-refractivity contribution in [3.8, 4) is 0 Å². The Labute approximate surface area is 115 Å². The fraction of sp³-hybridized carbons (Fsp3) is 0.933. The molecule has 3 aliphatic rings. The van der Waals surface area contributed by atoms with Crippen LogP contribution in [0.1, 0.15) is 51.4 Å². The average molecular weight is 267 g/mol. The van der Waals surface area contributed by atoms with E-state index >= 15 is 0 Å². The molecule has 3 fully saturated rings. The van der Waals surface area contributed by atoms with E-state index in [9.17, 15) is 9.90 Å². The number of nitrogens with zero attached hydrogens (tertiary/aromatic N) is 1. The van der Waals surface area contributed by atoms with Gasteiger partial charge in [0.2, 0.25) is 0 Å². The first-order valence-electron chi connectivity index (χ1n) is 7.81. The van der Waals surface area contributed by atoms with E-state index < -0.39 is 5.60 Å². The molecule has 2 aliphatic carbocycles. The fourth-order valence-corrected chi connectivity index (χ4v) is 3.28. The molecule has 0 spiro atoms. The highest BCUT2D eigenvalue weighted by Crippen LogP contribution is 2.33. The van der Waals surface area contributed by atoms with Gasteiger partial charge in [0.25, 0.3) is 5.91 Å². The molecule has 1 amide bonds. The lowest BCUT2D eigenvalue weighted by Gasteiger charge is -2.36. The summed E-state index contributed by atoms with van der Waals surface area (Å²) >= 11 is 0. The first-order chi connectivity index (χ1) is 9.17. The molecule has 2 saturated carbocycles. The summed E-state index contributed by atoms with van der Waals surface area (Å²) in [5.74, 6) is 0.717. The first kappa shape index (κ1) is 13.4. The first-order valence-corrected chi connectivity index (χ1v) is 7.81. The van der Waals surface area contributed by atoms with Gasteiger partial charge in [-0.3, -0.25) is 4.79 Å². The van der Waals surface area contributed by atoms with Gasteiger partial charge in [0.15, 0.2) is 0 Å². The van der Waals surface area contributed by atoms with Crippen LogP contribution in [0.5, 0.6) is 0 Å². The maximum absolute atomic E-state index is 12.4. The van der Waals surface area contributed by atoms with Crippen molar-refractivity contribution < 1.29 is 14.6 Å². The zero-order chi connectivity index (χ0) is 13.3. The molecule has 0 radical (unpaired) electrons. The van der Waals surface area contributed by atoms with Crippen molar-refractivity contribution in [1.29, 1.82) is 0 Å². The van der Waals surface area contributed by atoms with Crippen LogP contribution in [0.25, 0.3) is 0 Å². The molecule has 1 N–H and O–H groups in total. The van der Waals surface area contributed by atoms with Gasteiger partial charge in [-0.15, -0.1) is 0 Å². The van der Waals surface area contributed by atoms with Crippen LogP contribution in [-0.2, 0) is 9.53 Å². The number of aliphatic hydroxyl groups is 1. The van der Waals surface area contributed by atoms with Gasteiger partial charge < -0.3 is 14.7 Å². The van der Waals surface area contributed by atoms with Gasteiger partial charge in [0.05, 0.1) is 6.10 Å². The summed E-state index contributed by atoms with van der Waals surface area (Å²) in [5.41, 5.74) is -1.07. The van der Waals surface area contributed by atoms with Crippen molar-refractivity contribution in [2.75, 3.05) is 19.7 Å². The van der Waals surface area contributed by atoms with Crippen LogP contribution in [0.3, 0.4) is 0 Å². The van der Waals surface area contributed by atoms with E-state index in [2.05, 4.69) is 0 Å². The van der Waals surface area contributed by atoms with E-state index in [-0.39, 0.29) is 12.0 Å². The Hall–Kier alpha value is -0.610. The number of likely N-dealkylation sites (tertiary alicyclic amines) is 1. The zero-order valence-corrected chi connectivity index (χ0v) is 11.6. The zero-order valence-electron chi connectivity index (χ0n) is 11.6. The van der Waals surface area contributed by atoms with Crippen molar-refractivity contribution in [3.63, 3.8) is 0 Å². The summed E-state index contributed by atoms with van der Waals surface area (Å²) in [6.07, 6.45) is 8.04. The molecule has 1 heterocycles. The molecular weight excluding hydrogens is 242 g/mol. The summed E-state index contributed by atoms with van der Waals surface area (Å²) in [6, 6.07) is 0. The van der Waals surface area contributed by atoms with Gasteiger partial charge >= 0.3 is 0 Å². The van der Waals surface area contributed by atoms with Gasteiger partial charge in [-0.2, -0.15) is 0 Å². The molecule has 0 aromatic rings.